The largest absolute Gasteiger partial charge is 0.349 e. The minimum absolute atomic E-state index is 0. The van der Waals surface area contributed by atoms with E-state index in [9.17, 15) is 13.6 Å². The minimum atomic E-state index is -3.48. The van der Waals surface area contributed by atoms with Crippen molar-refractivity contribution < 1.29 is 13.6 Å². The number of halogens is 3. The maximum absolute atomic E-state index is 13.5. The van der Waals surface area contributed by atoms with Crippen LogP contribution < -0.4 is 10.6 Å². The molecule has 96 valence electrons. The predicted molar refractivity (Wildman–Crippen MR) is 64.5 cm³/mol. The number of hydrogen-bond acceptors (Lipinski definition) is 2. The fraction of sp³-hybridized carbons (Fsp3) is 0.364. The third kappa shape index (κ3) is 4.28. The van der Waals surface area contributed by atoms with Crippen molar-refractivity contribution in [2.24, 2.45) is 0 Å². The van der Waals surface area contributed by atoms with Crippen molar-refractivity contribution in [2.45, 2.75) is 5.92 Å². The van der Waals surface area contributed by atoms with Crippen molar-refractivity contribution >= 4 is 18.3 Å². The van der Waals surface area contributed by atoms with Gasteiger partial charge in [0.05, 0.1) is 0 Å². The first-order valence-electron chi connectivity index (χ1n) is 4.95. The molecular formula is C11H15ClF2N2O. The second-order valence-electron chi connectivity index (χ2n) is 3.30. The molecule has 0 aliphatic heterocycles. The molecule has 1 aromatic rings. The van der Waals surface area contributed by atoms with Gasteiger partial charge in [0.2, 0.25) is 0 Å². The van der Waals surface area contributed by atoms with E-state index in [2.05, 4.69) is 10.6 Å². The second-order valence-corrected chi connectivity index (χ2v) is 3.30. The van der Waals surface area contributed by atoms with Crippen LogP contribution in [0, 0.1) is 0 Å². The topological polar surface area (TPSA) is 41.1 Å². The zero-order chi connectivity index (χ0) is 12.0. The number of amides is 1. The molecule has 0 aliphatic rings. The third-order valence-electron chi connectivity index (χ3n) is 2.08. The van der Waals surface area contributed by atoms with Gasteiger partial charge in [0, 0.05) is 18.7 Å². The van der Waals surface area contributed by atoms with Gasteiger partial charge < -0.3 is 10.6 Å². The van der Waals surface area contributed by atoms with Gasteiger partial charge in [-0.2, -0.15) is 8.78 Å². The fourth-order valence-electron chi connectivity index (χ4n) is 1.19. The average Bonchev–Trinajstić information content (AvgIpc) is 2.30. The second kappa shape index (κ2) is 7.19. The van der Waals surface area contributed by atoms with E-state index in [4.69, 9.17) is 0 Å². The van der Waals surface area contributed by atoms with E-state index >= 15 is 0 Å². The molecule has 0 unspecified atom stereocenters. The van der Waals surface area contributed by atoms with Crippen LogP contribution in [-0.4, -0.2) is 26.0 Å². The normalized spacial score (nSPS) is 10.5. The molecule has 0 fully saturated rings. The summed E-state index contributed by atoms with van der Waals surface area (Å²) < 4.78 is 27.1. The van der Waals surface area contributed by atoms with Crippen LogP contribution >= 0.6 is 12.4 Å². The van der Waals surface area contributed by atoms with Gasteiger partial charge in [0.1, 0.15) is 0 Å². The lowest BCUT2D eigenvalue weighted by atomic mass is 10.1. The lowest BCUT2D eigenvalue weighted by molar-refractivity contribution is -0.146. The molecule has 17 heavy (non-hydrogen) atoms. The van der Waals surface area contributed by atoms with Crippen molar-refractivity contribution in [2.75, 3.05) is 20.1 Å². The molecule has 6 heteroatoms. The van der Waals surface area contributed by atoms with Gasteiger partial charge >= 0.3 is 5.92 Å². The summed E-state index contributed by atoms with van der Waals surface area (Å²) in [7, 11) is 1.68. The van der Waals surface area contributed by atoms with Crippen LogP contribution in [0.4, 0.5) is 8.78 Å². The average molecular weight is 265 g/mol. The standard InChI is InChI=1S/C11H14F2N2O.ClH/c1-14-7-8-15-10(16)11(12,13)9-5-3-2-4-6-9;/h2-6,14H,7-8H2,1H3,(H,15,16);1H. The van der Waals surface area contributed by atoms with Crippen molar-refractivity contribution in [3.8, 4) is 0 Å². The van der Waals surface area contributed by atoms with Crippen molar-refractivity contribution in [3.63, 3.8) is 0 Å². The lowest BCUT2D eigenvalue weighted by Crippen LogP contribution is -2.40. The number of alkyl halides is 2. The van der Waals surface area contributed by atoms with Gasteiger partial charge in [0.25, 0.3) is 5.91 Å². The van der Waals surface area contributed by atoms with Gasteiger partial charge in [-0.3, -0.25) is 4.79 Å². The van der Waals surface area contributed by atoms with Crippen LogP contribution in [0.15, 0.2) is 30.3 Å². The van der Waals surface area contributed by atoms with E-state index in [0.29, 0.717) is 6.54 Å². The van der Waals surface area contributed by atoms with Crippen LogP contribution in [0.5, 0.6) is 0 Å². The maximum atomic E-state index is 13.5. The smallest absolute Gasteiger partial charge is 0.349 e. The number of benzene rings is 1. The first-order valence-corrected chi connectivity index (χ1v) is 4.95. The zero-order valence-electron chi connectivity index (χ0n) is 9.37. The molecule has 0 saturated heterocycles. The number of carbonyl (C=O) groups excluding carboxylic acids is 1. The highest BCUT2D eigenvalue weighted by molar-refractivity contribution is 5.85. The van der Waals surface area contributed by atoms with E-state index in [1.54, 1.807) is 13.1 Å². The number of likely N-dealkylation sites (N-methyl/N-ethyl adjacent to an activating group) is 1. The SMILES string of the molecule is CNCCNC(=O)C(F)(F)c1ccccc1.Cl. The fourth-order valence-corrected chi connectivity index (χ4v) is 1.19. The molecular weight excluding hydrogens is 250 g/mol. The molecule has 2 N–H and O–H groups in total. The highest BCUT2D eigenvalue weighted by atomic mass is 35.5. The first kappa shape index (κ1) is 15.8. The Kier molecular flexibility index (Phi) is 6.68. The molecule has 0 bridgehead atoms. The van der Waals surface area contributed by atoms with Gasteiger partial charge in [-0.1, -0.05) is 30.3 Å². The quantitative estimate of drug-likeness (QED) is 0.792. The molecule has 1 rings (SSSR count). The number of hydrogen-bond donors (Lipinski definition) is 2. The van der Waals surface area contributed by atoms with E-state index < -0.39 is 11.8 Å². The molecule has 0 saturated carbocycles. The molecule has 1 amide bonds. The van der Waals surface area contributed by atoms with E-state index in [-0.39, 0.29) is 24.5 Å². The monoisotopic (exact) mass is 264 g/mol. The predicted octanol–water partition coefficient (Wildman–Crippen LogP) is 1.54. The Balaban J connectivity index is 0.00000256. The molecule has 0 aromatic heterocycles. The van der Waals surface area contributed by atoms with Crippen LogP contribution in [0.2, 0.25) is 0 Å². The van der Waals surface area contributed by atoms with Crippen LogP contribution in [0.25, 0.3) is 0 Å². The van der Waals surface area contributed by atoms with Gasteiger partial charge in [-0.25, -0.2) is 0 Å². The van der Waals surface area contributed by atoms with Crippen molar-refractivity contribution in [1.82, 2.24) is 10.6 Å². The minimum Gasteiger partial charge on any atom is -0.349 e. The number of carbonyl (C=O) groups is 1. The van der Waals surface area contributed by atoms with Crippen molar-refractivity contribution in [3.05, 3.63) is 35.9 Å². The molecule has 0 atom stereocenters. The van der Waals surface area contributed by atoms with Crippen LogP contribution in [0.3, 0.4) is 0 Å². The molecule has 1 aromatic carbocycles. The van der Waals surface area contributed by atoms with E-state index in [0.717, 1.165) is 0 Å². The Labute approximate surface area is 105 Å². The lowest BCUT2D eigenvalue weighted by Gasteiger charge is -2.16. The summed E-state index contributed by atoms with van der Waals surface area (Å²) in [4.78, 5) is 11.3. The van der Waals surface area contributed by atoms with Crippen LogP contribution in [0.1, 0.15) is 5.56 Å². The Hall–Kier alpha value is -1.20. The molecule has 0 heterocycles. The zero-order valence-corrected chi connectivity index (χ0v) is 10.2. The molecule has 0 radical (unpaired) electrons. The summed E-state index contributed by atoms with van der Waals surface area (Å²) in [6, 6.07) is 7.04. The maximum Gasteiger partial charge on any atom is 0.349 e. The summed E-state index contributed by atoms with van der Waals surface area (Å²) in [5, 5.41) is 4.93. The summed E-state index contributed by atoms with van der Waals surface area (Å²) in [5.41, 5.74) is -0.294. The van der Waals surface area contributed by atoms with Crippen molar-refractivity contribution in [1.29, 1.82) is 0 Å². The van der Waals surface area contributed by atoms with Gasteiger partial charge in [-0.05, 0) is 7.05 Å². The summed E-state index contributed by atoms with van der Waals surface area (Å²) >= 11 is 0. The summed E-state index contributed by atoms with van der Waals surface area (Å²) in [5.74, 6) is -4.75. The number of rotatable bonds is 5. The Morgan fingerprint density at radius 3 is 2.35 bits per heavy atom. The third-order valence-corrected chi connectivity index (χ3v) is 2.08. The van der Waals surface area contributed by atoms with Gasteiger partial charge in [0.15, 0.2) is 0 Å². The molecule has 0 spiro atoms. The van der Waals surface area contributed by atoms with Gasteiger partial charge in [-0.15, -0.1) is 12.4 Å². The Morgan fingerprint density at radius 2 is 1.82 bits per heavy atom. The Morgan fingerprint density at radius 1 is 1.24 bits per heavy atom. The van der Waals surface area contributed by atoms with E-state index in [1.165, 1.54) is 24.3 Å². The number of nitrogens with one attached hydrogen (secondary N) is 2. The highest BCUT2D eigenvalue weighted by Crippen LogP contribution is 2.27. The first-order chi connectivity index (χ1) is 7.59. The van der Waals surface area contributed by atoms with E-state index in [1.807, 2.05) is 0 Å². The molecule has 0 aliphatic carbocycles. The highest BCUT2D eigenvalue weighted by Gasteiger charge is 2.40. The van der Waals surface area contributed by atoms with Crippen LogP contribution in [-0.2, 0) is 10.7 Å². The summed E-state index contributed by atoms with van der Waals surface area (Å²) in [6.45, 7) is 0.633. The molecule has 3 nitrogen and oxygen atoms in total. The summed E-state index contributed by atoms with van der Waals surface area (Å²) in [6.07, 6.45) is 0. The Bertz CT molecular complexity index is 347.